The zero-order chi connectivity index (χ0) is 18.3. The highest BCUT2D eigenvalue weighted by Crippen LogP contribution is 2.36. The molecule has 25 heavy (non-hydrogen) atoms. The highest BCUT2D eigenvalue weighted by atomic mass is 28.4. The quantitative estimate of drug-likeness (QED) is 0.725. The Morgan fingerprint density at radius 2 is 1.40 bits per heavy atom. The van der Waals surface area contributed by atoms with Gasteiger partial charge in [-0.05, 0) is 27.8 Å². The molecule has 0 amide bonds. The van der Waals surface area contributed by atoms with Crippen molar-refractivity contribution in [1.82, 2.24) is 0 Å². The van der Waals surface area contributed by atoms with Gasteiger partial charge in [-0.25, -0.2) is 0 Å². The Hall–Kier alpha value is -1.42. The first-order chi connectivity index (χ1) is 12.0. The van der Waals surface area contributed by atoms with Gasteiger partial charge in [-0.1, -0.05) is 94.8 Å². The normalized spacial score (nSPS) is 13.6. The minimum atomic E-state index is -2.42. The van der Waals surface area contributed by atoms with Crippen LogP contribution in [0, 0.1) is 5.92 Å². The predicted molar refractivity (Wildman–Crippen MR) is 109 cm³/mol. The monoisotopic (exact) mass is 356 g/mol. The first-order valence-electron chi connectivity index (χ1n) is 9.31. The molecule has 136 valence electrons. The molecule has 0 fully saturated rings. The van der Waals surface area contributed by atoms with Crippen LogP contribution in [0.15, 0.2) is 60.7 Å². The first kappa shape index (κ1) is 19.9. The zero-order valence-corrected chi connectivity index (χ0v) is 17.0. The van der Waals surface area contributed by atoms with Crippen LogP contribution in [0.5, 0.6) is 0 Å². The van der Waals surface area contributed by atoms with Crippen LogP contribution in [0.3, 0.4) is 0 Å². The second kappa shape index (κ2) is 8.79. The van der Waals surface area contributed by atoms with Crippen LogP contribution < -0.4 is 10.4 Å². The molecule has 0 heterocycles. The third-order valence-electron chi connectivity index (χ3n) is 5.10. The van der Waals surface area contributed by atoms with Gasteiger partial charge in [0.25, 0.3) is 8.32 Å². The van der Waals surface area contributed by atoms with Gasteiger partial charge >= 0.3 is 0 Å². The van der Waals surface area contributed by atoms with E-state index in [1.54, 1.807) is 0 Å². The van der Waals surface area contributed by atoms with Crippen molar-refractivity contribution in [2.75, 3.05) is 13.2 Å². The maximum absolute atomic E-state index is 9.51. The molecule has 0 saturated heterocycles. The van der Waals surface area contributed by atoms with E-state index in [1.165, 1.54) is 10.4 Å². The topological polar surface area (TPSA) is 29.5 Å². The lowest BCUT2D eigenvalue weighted by molar-refractivity contribution is 0.184. The van der Waals surface area contributed by atoms with E-state index >= 15 is 0 Å². The highest BCUT2D eigenvalue weighted by Gasteiger charge is 2.49. The molecule has 2 nitrogen and oxygen atoms in total. The lowest BCUT2D eigenvalue weighted by Crippen LogP contribution is -2.66. The Bertz CT molecular complexity index is 576. The minimum Gasteiger partial charge on any atom is -0.407 e. The number of benzene rings is 2. The number of aliphatic hydroxyl groups is 1. The van der Waals surface area contributed by atoms with Gasteiger partial charge in [-0.15, -0.1) is 0 Å². The smallest absolute Gasteiger partial charge is 0.261 e. The maximum Gasteiger partial charge on any atom is 0.261 e. The SMILES string of the molecule is CC[C@H](CO)CCO[Si](c1ccccc1)(c1ccccc1)C(C)(C)C. The molecule has 0 bridgehead atoms. The van der Waals surface area contributed by atoms with E-state index in [9.17, 15) is 5.11 Å². The van der Waals surface area contributed by atoms with Crippen molar-refractivity contribution in [3.05, 3.63) is 60.7 Å². The fourth-order valence-corrected chi connectivity index (χ4v) is 8.14. The number of hydrogen-bond acceptors (Lipinski definition) is 2. The molecule has 2 aromatic rings. The van der Waals surface area contributed by atoms with Crippen molar-refractivity contribution in [1.29, 1.82) is 0 Å². The molecule has 2 aromatic carbocycles. The van der Waals surface area contributed by atoms with Gasteiger partial charge in [-0.3, -0.25) is 0 Å². The van der Waals surface area contributed by atoms with E-state index in [0.717, 1.165) is 12.8 Å². The Labute approximate surface area is 154 Å². The second-order valence-corrected chi connectivity index (χ2v) is 12.1. The zero-order valence-electron chi connectivity index (χ0n) is 16.0. The van der Waals surface area contributed by atoms with E-state index in [4.69, 9.17) is 4.43 Å². The average Bonchev–Trinajstić information content (AvgIpc) is 2.62. The van der Waals surface area contributed by atoms with Crippen LogP contribution in [0.1, 0.15) is 40.5 Å². The van der Waals surface area contributed by atoms with Gasteiger partial charge in [0.2, 0.25) is 0 Å². The van der Waals surface area contributed by atoms with Crippen LogP contribution in [-0.2, 0) is 4.43 Å². The Balaban J connectivity index is 2.46. The summed E-state index contributed by atoms with van der Waals surface area (Å²) in [6.45, 7) is 9.93. The van der Waals surface area contributed by atoms with Gasteiger partial charge < -0.3 is 9.53 Å². The molecule has 1 N–H and O–H groups in total. The molecule has 0 saturated carbocycles. The Morgan fingerprint density at radius 1 is 0.920 bits per heavy atom. The summed E-state index contributed by atoms with van der Waals surface area (Å²) in [5.41, 5.74) is 0. The van der Waals surface area contributed by atoms with Gasteiger partial charge in [0, 0.05) is 13.2 Å². The van der Waals surface area contributed by atoms with Crippen LogP contribution in [0.4, 0.5) is 0 Å². The van der Waals surface area contributed by atoms with E-state index in [0.29, 0.717) is 12.5 Å². The molecule has 1 atom stereocenters. The summed E-state index contributed by atoms with van der Waals surface area (Å²) >= 11 is 0. The van der Waals surface area contributed by atoms with Gasteiger partial charge in [-0.2, -0.15) is 0 Å². The van der Waals surface area contributed by atoms with Crippen molar-refractivity contribution in [3.63, 3.8) is 0 Å². The fourth-order valence-electron chi connectivity index (χ4n) is 3.56. The Kier molecular flexibility index (Phi) is 7.00. The average molecular weight is 357 g/mol. The largest absolute Gasteiger partial charge is 0.407 e. The third kappa shape index (κ3) is 4.41. The molecule has 0 aliphatic rings. The molecular weight excluding hydrogens is 324 g/mol. The van der Waals surface area contributed by atoms with Crippen LogP contribution in [-0.4, -0.2) is 26.6 Å². The van der Waals surface area contributed by atoms with Crippen LogP contribution >= 0.6 is 0 Å². The van der Waals surface area contributed by atoms with E-state index in [1.807, 2.05) is 0 Å². The maximum atomic E-state index is 9.51. The summed E-state index contributed by atoms with van der Waals surface area (Å²) in [6.07, 6.45) is 1.89. The van der Waals surface area contributed by atoms with Crippen molar-refractivity contribution in [2.45, 2.75) is 45.6 Å². The summed E-state index contributed by atoms with van der Waals surface area (Å²) in [5, 5.41) is 12.1. The van der Waals surface area contributed by atoms with E-state index in [-0.39, 0.29) is 11.6 Å². The third-order valence-corrected chi connectivity index (χ3v) is 10.1. The van der Waals surface area contributed by atoms with Crippen LogP contribution in [0.2, 0.25) is 5.04 Å². The highest BCUT2D eigenvalue weighted by molar-refractivity contribution is 6.99. The summed E-state index contributed by atoms with van der Waals surface area (Å²) in [7, 11) is -2.42. The fraction of sp³-hybridized carbons (Fsp3) is 0.455. The molecule has 0 radical (unpaired) electrons. The predicted octanol–water partition coefficient (Wildman–Crippen LogP) is 3.97. The minimum absolute atomic E-state index is 0.0105. The number of aliphatic hydroxyl groups excluding tert-OH is 1. The standard InChI is InChI=1S/C22H32O2Si/c1-5-19(18-23)16-17-24-25(22(2,3)4,20-12-8-6-9-13-20)21-14-10-7-11-15-21/h6-15,19,23H,5,16-18H2,1-4H3/t19-/m0/s1. The molecular formula is C22H32O2Si. The molecule has 0 aliphatic carbocycles. The van der Waals surface area contributed by atoms with E-state index in [2.05, 4.69) is 88.4 Å². The van der Waals surface area contributed by atoms with Gasteiger partial charge in [0.05, 0.1) is 0 Å². The first-order valence-corrected chi connectivity index (χ1v) is 11.2. The molecule has 0 spiro atoms. The molecule has 0 aromatic heterocycles. The van der Waals surface area contributed by atoms with Crippen molar-refractivity contribution >= 4 is 18.7 Å². The van der Waals surface area contributed by atoms with E-state index < -0.39 is 8.32 Å². The molecule has 2 rings (SSSR count). The molecule has 3 heteroatoms. The lowest BCUT2D eigenvalue weighted by atomic mass is 10.1. The van der Waals surface area contributed by atoms with Gasteiger partial charge in [0.15, 0.2) is 0 Å². The summed E-state index contributed by atoms with van der Waals surface area (Å²) in [5.74, 6) is 0.318. The summed E-state index contributed by atoms with van der Waals surface area (Å²) in [6, 6.07) is 21.4. The number of hydrogen-bond donors (Lipinski definition) is 1. The second-order valence-electron chi connectivity index (χ2n) is 7.76. The van der Waals surface area contributed by atoms with Crippen molar-refractivity contribution in [3.8, 4) is 0 Å². The Morgan fingerprint density at radius 3 is 1.76 bits per heavy atom. The molecule has 0 aliphatic heterocycles. The molecule has 0 unspecified atom stereocenters. The summed E-state index contributed by atoms with van der Waals surface area (Å²) in [4.78, 5) is 0. The van der Waals surface area contributed by atoms with Crippen molar-refractivity contribution in [2.24, 2.45) is 5.92 Å². The van der Waals surface area contributed by atoms with Gasteiger partial charge in [0.1, 0.15) is 0 Å². The van der Waals surface area contributed by atoms with Crippen LogP contribution in [0.25, 0.3) is 0 Å². The lowest BCUT2D eigenvalue weighted by Gasteiger charge is -2.43. The van der Waals surface area contributed by atoms with Crippen molar-refractivity contribution < 1.29 is 9.53 Å². The number of rotatable bonds is 8. The summed E-state index contributed by atoms with van der Waals surface area (Å²) < 4.78 is 6.83.